The van der Waals surface area contributed by atoms with Crippen LogP contribution in [0.15, 0.2) is 23.7 Å². The molecule has 0 radical (unpaired) electrons. The minimum atomic E-state index is -0.869. The molecule has 0 aromatic carbocycles. The first-order valence-corrected chi connectivity index (χ1v) is 6.53. The molecule has 0 spiro atoms. The molecule has 2 heterocycles. The normalized spacial score (nSPS) is 10.7. The van der Waals surface area contributed by atoms with Crippen molar-refractivity contribution in [2.45, 2.75) is 13.0 Å². The average Bonchev–Trinajstić information content (AvgIpc) is 2.93. The molecule has 0 saturated heterocycles. The number of aromatic nitrogens is 2. The van der Waals surface area contributed by atoms with Gasteiger partial charge in [0.15, 0.2) is 0 Å². The summed E-state index contributed by atoms with van der Waals surface area (Å²) in [6.45, 7) is 1.53. The lowest BCUT2D eigenvalue weighted by atomic mass is 10.3. The summed E-state index contributed by atoms with van der Waals surface area (Å²) in [5, 5.41) is 18.0. The Bertz CT molecular complexity index is 533. The van der Waals surface area contributed by atoms with Crippen LogP contribution in [0.1, 0.15) is 20.9 Å². The zero-order valence-corrected chi connectivity index (χ0v) is 10.9. The Kier molecular flexibility index (Phi) is 4.11. The van der Waals surface area contributed by atoms with Crippen molar-refractivity contribution in [3.63, 3.8) is 0 Å². The zero-order chi connectivity index (χ0) is 13.0. The Labute approximate surface area is 109 Å². The molecule has 0 unspecified atom stereocenters. The second-order valence-electron chi connectivity index (χ2n) is 4.01. The first kappa shape index (κ1) is 12.8. The molecule has 0 aliphatic rings. The number of aromatic carboxylic acids is 1. The Morgan fingerprint density at radius 3 is 3.06 bits per heavy atom. The molecule has 2 aromatic rings. The van der Waals surface area contributed by atoms with Crippen LogP contribution < -0.4 is 5.32 Å². The van der Waals surface area contributed by atoms with Crippen molar-refractivity contribution < 1.29 is 9.90 Å². The lowest BCUT2D eigenvalue weighted by Gasteiger charge is -2.00. The highest BCUT2D eigenvalue weighted by Gasteiger charge is 2.05. The van der Waals surface area contributed by atoms with Crippen LogP contribution in [0.4, 0.5) is 0 Å². The zero-order valence-electron chi connectivity index (χ0n) is 10.1. The number of carboxylic acid groups (broad SMARTS) is 1. The van der Waals surface area contributed by atoms with Crippen molar-refractivity contribution in [2.24, 2.45) is 7.05 Å². The molecule has 0 saturated carbocycles. The third-order valence-corrected chi connectivity index (χ3v) is 3.46. The van der Waals surface area contributed by atoms with Gasteiger partial charge in [0.2, 0.25) is 0 Å². The van der Waals surface area contributed by atoms with E-state index in [4.69, 9.17) is 5.11 Å². The van der Waals surface area contributed by atoms with E-state index in [1.165, 1.54) is 11.3 Å². The fourth-order valence-electron chi connectivity index (χ4n) is 1.61. The predicted molar refractivity (Wildman–Crippen MR) is 69.9 cm³/mol. The van der Waals surface area contributed by atoms with Crippen molar-refractivity contribution in [2.75, 3.05) is 6.54 Å². The Hall–Kier alpha value is -1.66. The van der Waals surface area contributed by atoms with Gasteiger partial charge in [-0.3, -0.25) is 4.68 Å². The van der Waals surface area contributed by atoms with Crippen LogP contribution in [0.25, 0.3) is 0 Å². The van der Waals surface area contributed by atoms with E-state index >= 15 is 0 Å². The van der Waals surface area contributed by atoms with E-state index in [0.29, 0.717) is 12.1 Å². The number of rotatable bonds is 6. The van der Waals surface area contributed by atoms with Gasteiger partial charge in [-0.15, -0.1) is 11.3 Å². The maximum atomic E-state index is 10.7. The van der Waals surface area contributed by atoms with Gasteiger partial charge in [0.1, 0.15) is 0 Å². The molecule has 0 bridgehead atoms. The van der Waals surface area contributed by atoms with Crippen LogP contribution >= 0.6 is 11.3 Å². The summed E-state index contributed by atoms with van der Waals surface area (Å²) in [6.07, 6.45) is 2.80. The highest BCUT2D eigenvalue weighted by molar-refractivity contribution is 7.10. The standard InChI is InChI=1S/C12H15N3O2S/c1-15-5-3-10(14-15)2-4-13-7-11-6-9(8-18-11)12(16)17/h3,5-6,8,13H,2,4,7H2,1H3,(H,16,17). The summed E-state index contributed by atoms with van der Waals surface area (Å²) in [7, 11) is 1.90. The van der Waals surface area contributed by atoms with Gasteiger partial charge in [0.05, 0.1) is 11.3 Å². The first-order chi connectivity index (χ1) is 8.65. The fraction of sp³-hybridized carbons (Fsp3) is 0.333. The molecule has 6 heteroatoms. The predicted octanol–water partition coefficient (Wildman–Crippen LogP) is 1.51. The van der Waals surface area contributed by atoms with Crippen LogP contribution in [0, 0.1) is 0 Å². The van der Waals surface area contributed by atoms with Gasteiger partial charge in [-0.05, 0) is 12.1 Å². The molecular formula is C12H15N3O2S. The van der Waals surface area contributed by atoms with Crippen LogP contribution in [-0.2, 0) is 20.0 Å². The molecule has 18 heavy (non-hydrogen) atoms. The average molecular weight is 265 g/mol. The topological polar surface area (TPSA) is 67.2 Å². The summed E-state index contributed by atoms with van der Waals surface area (Å²) in [4.78, 5) is 11.7. The second-order valence-corrected chi connectivity index (χ2v) is 5.01. The number of nitrogens with zero attached hydrogens (tertiary/aromatic N) is 2. The van der Waals surface area contributed by atoms with Gasteiger partial charge in [-0.1, -0.05) is 0 Å². The number of hydrogen-bond donors (Lipinski definition) is 2. The quantitative estimate of drug-likeness (QED) is 0.777. The summed E-state index contributed by atoms with van der Waals surface area (Å²) < 4.78 is 1.79. The van der Waals surface area contributed by atoms with Crippen LogP contribution in [0.3, 0.4) is 0 Å². The van der Waals surface area contributed by atoms with Gasteiger partial charge in [0.25, 0.3) is 0 Å². The van der Waals surface area contributed by atoms with Gasteiger partial charge in [-0.25, -0.2) is 4.79 Å². The van der Waals surface area contributed by atoms with E-state index in [1.807, 2.05) is 19.3 Å². The van der Waals surface area contributed by atoms with Crippen LogP contribution in [0.2, 0.25) is 0 Å². The van der Waals surface area contributed by atoms with E-state index in [2.05, 4.69) is 10.4 Å². The Morgan fingerprint density at radius 2 is 2.44 bits per heavy atom. The Balaban J connectivity index is 1.73. The lowest BCUT2D eigenvalue weighted by Crippen LogP contribution is -2.16. The third-order valence-electron chi connectivity index (χ3n) is 2.53. The molecule has 0 atom stereocenters. The van der Waals surface area contributed by atoms with E-state index in [1.54, 1.807) is 16.1 Å². The van der Waals surface area contributed by atoms with Crippen LogP contribution in [0.5, 0.6) is 0 Å². The third kappa shape index (κ3) is 3.41. The largest absolute Gasteiger partial charge is 0.478 e. The maximum Gasteiger partial charge on any atom is 0.336 e. The van der Waals surface area contributed by atoms with Gasteiger partial charge < -0.3 is 10.4 Å². The number of nitrogens with one attached hydrogen (secondary N) is 1. The number of carboxylic acids is 1. The smallest absolute Gasteiger partial charge is 0.336 e. The minimum absolute atomic E-state index is 0.363. The molecule has 2 N–H and O–H groups in total. The van der Waals surface area contributed by atoms with Crippen molar-refractivity contribution >= 4 is 17.3 Å². The molecule has 0 amide bonds. The molecule has 5 nitrogen and oxygen atoms in total. The summed E-state index contributed by atoms with van der Waals surface area (Å²) >= 11 is 1.47. The Morgan fingerprint density at radius 1 is 1.61 bits per heavy atom. The number of aryl methyl sites for hydroxylation is 1. The van der Waals surface area contributed by atoms with E-state index < -0.39 is 5.97 Å². The van der Waals surface area contributed by atoms with Crippen molar-refractivity contribution in [1.29, 1.82) is 0 Å². The van der Waals surface area contributed by atoms with Crippen LogP contribution in [-0.4, -0.2) is 27.4 Å². The van der Waals surface area contributed by atoms with Gasteiger partial charge in [-0.2, -0.15) is 5.10 Å². The second kappa shape index (κ2) is 5.79. The lowest BCUT2D eigenvalue weighted by molar-refractivity contribution is 0.0697. The molecule has 2 rings (SSSR count). The van der Waals surface area contributed by atoms with Crippen molar-refractivity contribution in [3.05, 3.63) is 39.8 Å². The molecule has 0 aliphatic carbocycles. The highest BCUT2D eigenvalue weighted by atomic mass is 32.1. The van der Waals surface area contributed by atoms with E-state index in [-0.39, 0.29) is 0 Å². The number of thiophene rings is 1. The van der Waals surface area contributed by atoms with Gasteiger partial charge in [0, 0.05) is 43.0 Å². The molecule has 96 valence electrons. The van der Waals surface area contributed by atoms with E-state index in [9.17, 15) is 4.79 Å². The fourth-order valence-corrected chi connectivity index (χ4v) is 2.44. The van der Waals surface area contributed by atoms with Crippen molar-refractivity contribution in [1.82, 2.24) is 15.1 Å². The SMILES string of the molecule is Cn1ccc(CCNCc2cc(C(=O)O)cs2)n1. The summed E-state index contributed by atoms with van der Waals surface area (Å²) in [5.74, 6) is -0.869. The first-order valence-electron chi connectivity index (χ1n) is 5.65. The molecule has 0 fully saturated rings. The maximum absolute atomic E-state index is 10.7. The van der Waals surface area contributed by atoms with E-state index in [0.717, 1.165) is 23.5 Å². The summed E-state index contributed by atoms with van der Waals surface area (Å²) in [5.41, 5.74) is 1.42. The minimum Gasteiger partial charge on any atom is -0.478 e. The number of carbonyl (C=O) groups is 1. The number of hydrogen-bond acceptors (Lipinski definition) is 4. The highest BCUT2D eigenvalue weighted by Crippen LogP contribution is 2.14. The molecule has 2 aromatic heterocycles. The monoisotopic (exact) mass is 265 g/mol. The van der Waals surface area contributed by atoms with Gasteiger partial charge >= 0.3 is 5.97 Å². The molecular weight excluding hydrogens is 250 g/mol. The molecule has 0 aliphatic heterocycles. The summed E-state index contributed by atoms with van der Waals surface area (Å²) in [6, 6.07) is 3.70. The van der Waals surface area contributed by atoms with Crippen molar-refractivity contribution in [3.8, 4) is 0 Å².